The monoisotopic (exact) mass is 767 g/mol. The van der Waals surface area contributed by atoms with Crippen LogP contribution >= 0.6 is 0 Å². The van der Waals surface area contributed by atoms with Crippen LogP contribution in [0.4, 0.5) is 0 Å². The highest BCUT2D eigenvalue weighted by Gasteiger charge is 2.21. The zero-order valence-corrected chi connectivity index (χ0v) is 32.2. The second-order valence-corrected chi connectivity index (χ2v) is 15.6. The van der Waals surface area contributed by atoms with Gasteiger partial charge in [-0.15, -0.1) is 0 Å². The van der Waals surface area contributed by atoms with Gasteiger partial charge in [0.05, 0.1) is 33.0 Å². The molecule has 0 amide bonds. The van der Waals surface area contributed by atoms with Crippen molar-refractivity contribution in [3.63, 3.8) is 0 Å². The predicted molar refractivity (Wildman–Crippen MR) is 248 cm³/mol. The SMILES string of the molecule is O=c1c2cc3c(cc2c2cc4c5ccccc5n(-c5ccccc5)c4cc2n1-c1ccccc1)c1ccccc1n3-c1ccc(-c2cccc3c2oc2ccccc23)cc1. The number of aromatic nitrogens is 3. The van der Waals surface area contributed by atoms with Gasteiger partial charge in [0.25, 0.3) is 5.56 Å². The zero-order valence-electron chi connectivity index (χ0n) is 32.2. The van der Waals surface area contributed by atoms with E-state index in [9.17, 15) is 0 Å². The molecule has 13 rings (SSSR count). The van der Waals surface area contributed by atoms with E-state index < -0.39 is 0 Å². The Balaban J connectivity index is 1.09. The lowest BCUT2D eigenvalue weighted by Gasteiger charge is -2.16. The van der Waals surface area contributed by atoms with Crippen LogP contribution in [-0.2, 0) is 0 Å². The first-order chi connectivity index (χ1) is 29.7. The Hall–Kier alpha value is -8.15. The van der Waals surface area contributed by atoms with E-state index in [-0.39, 0.29) is 5.56 Å². The maximum atomic E-state index is 15.2. The average molecular weight is 768 g/mol. The van der Waals surface area contributed by atoms with E-state index in [4.69, 9.17) is 4.42 Å². The number of para-hydroxylation sites is 6. The van der Waals surface area contributed by atoms with Gasteiger partial charge in [-0.1, -0.05) is 121 Å². The molecule has 0 radical (unpaired) electrons. The van der Waals surface area contributed by atoms with Crippen LogP contribution in [0.1, 0.15) is 0 Å². The summed E-state index contributed by atoms with van der Waals surface area (Å²) in [5.41, 5.74) is 11.9. The topological polar surface area (TPSA) is 45.0 Å². The maximum Gasteiger partial charge on any atom is 0.263 e. The molecule has 5 nitrogen and oxygen atoms in total. The summed E-state index contributed by atoms with van der Waals surface area (Å²) >= 11 is 0. The molecule has 5 heteroatoms. The van der Waals surface area contributed by atoms with Gasteiger partial charge in [-0.25, -0.2) is 0 Å². The standard InChI is InChI=1S/C55H33N3O2/c59-55-47-32-50-44(39-18-7-11-24-49(39)57(50)37-28-26-34(27-29-37)38-21-13-22-42-41-20-9-12-25-53(41)60-54(38)42)30-43(47)46-31-45-40-19-8-10-23-48(40)56(35-14-3-1-4-15-35)51(45)33-52(46)58(55)36-16-5-2-6-17-36/h1-33H. The fourth-order valence-corrected chi connectivity index (χ4v) is 9.78. The Labute approximate surface area is 342 Å². The molecule has 0 saturated carbocycles. The largest absolute Gasteiger partial charge is 0.455 e. The van der Waals surface area contributed by atoms with Crippen LogP contribution in [0.25, 0.3) is 115 Å². The van der Waals surface area contributed by atoms with E-state index >= 15 is 4.79 Å². The molecule has 0 spiro atoms. The molecule has 0 aliphatic carbocycles. The first-order valence-electron chi connectivity index (χ1n) is 20.3. The van der Waals surface area contributed by atoms with Crippen molar-refractivity contribution in [2.45, 2.75) is 0 Å². The Morgan fingerprint density at radius 3 is 1.50 bits per heavy atom. The Bertz CT molecular complexity index is 3940. The van der Waals surface area contributed by atoms with E-state index in [0.29, 0.717) is 5.39 Å². The molecule has 0 bridgehead atoms. The molecule has 0 atom stereocenters. The Morgan fingerprint density at radius 1 is 0.317 bits per heavy atom. The summed E-state index contributed by atoms with van der Waals surface area (Å²) in [6.07, 6.45) is 0. The molecule has 0 aliphatic heterocycles. The van der Waals surface area contributed by atoms with Gasteiger partial charge in [-0.2, -0.15) is 0 Å². The van der Waals surface area contributed by atoms with Crippen molar-refractivity contribution in [2.75, 3.05) is 0 Å². The van der Waals surface area contributed by atoms with Gasteiger partial charge in [0.15, 0.2) is 0 Å². The summed E-state index contributed by atoms with van der Waals surface area (Å²) in [5.74, 6) is 0. The van der Waals surface area contributed by atoms with E-state index in [2.05, 4.69) is 161 Å². The molecular weight excluding hydrogens is 735 g/mol. The highest BCUT2D eigenvalue weighted by molar-refractivity contribution is 6.22. The number of benzene rings is 9. The molecule has 60 heavy (non-hydrogen) atoms. The number of pyridine rings is 1. The molecule has 4 heterocycles. The average Bonchev–Trinajstić information content (AvgIpc) is 3.96. The summed E-state index contributed by atoms with van der Waals surface area (Å²) in [6.45, 7) is 0. The van der Waals surface area contributed by atoms with E-state index in [1.807, 2.05) is 53.1 Å². The van der Waals surface area contributed by atoms with Crippen molar-refractivity contribution in [2.24, 2.45) is 0 Å². The Kier molecular flexibility index (Phi) is 6.81. The summed E-state index contributed by atoms with van der Waals surface area (Å²) in [7, 11) is 0. The third-order valence-corrected chi connectivity index (χ3v) is 12.4. The summed E-state index contributed by atoms with van der Waals surface area (Å²) < 4.78 is 12.9. The second kappa shape index (κ2) is 12.4. The van der Waals surface area contributed by atoms with Crippen LogP contribution in [-0.4, -0.2) is 13.7 Å². The number of furan rings is 1. The minimum Gasteiger partial charge on any atom is -0.455 e. The maximum absolute atomic E-state index is 15.2. The molecule has 280 valence electrons. The molecule has 0 N–H and O–H groups in total. The van der Waals surface area contributed by atoms with E-state index in [0.717, 1.165) is 105 Å². The quantitative estimate of drug-likeness (QED) is 0.167. The molecule has 4 aromatic heterocycles. The van der Waals surface area contributed by atoms with Gasteiger partial charge >= 0.3 is 0 Å². The molecule has 0 saturated heterocycles. The minimum absolute atomic E-state index is 0.0570. The van der Waals surface area contributed by atoms with Crippen LogP contribution in [0.15, 0.2) is 209 Å². The van der Waals surface area contributed by atoms with E-state index in [1.165, 1.54) is 5.39 Å². The van der Waals surface area contributed by atoms with Gasteiger partial charge < -0.3 is 13.6 Å². The highest BCUT2D eigenvalue weighted by atomic mass is 16.3. The van der Waals surface area contributed by atoms with Crippen LogP contribution in [0.2, 0.25) is 0 Å². The van der Waals surface area contributed by atoms with Crippen LogP contribution in [0.3, 0.4) is 0 Å². The minimum atomic E-state index is -0.0570. The van der Waals surface area contributed by atoms with Gasteiger partial charge in [0.1, 0.15) is 11.2 Å². The van der Waals surface area contributed by atoms with Crippen molar-refractivity contribution in [1.82, 2.24) is 13.7 Å². The first-order valence-corrected chi connectivity index (χ1v) is 20.3. The van der Waals surface area contributed by atoms with E-state index in [1.54, 1.807) is 0 Å². The number of hydrogen-bond donors (Lipinski definition) is 0. The Morgan fingerprint density at radius 2 is 0.817 bits per heavy atom. The third kappa shape index (κ3) is 4.60. The number of fused-ring (bicyclic) bond motifs is 12. The normalized spacial score (nSPS) is 12.1. The molecule has 9 aromatic carbocycles. The highest BCUT2D eigenvalue weighted by Crippen LogP contribution is 2.41. The molecule has 13 aromatic rings. The lowest BCUT2D eigenvalue weighted by Crippen LogP contribution is -2.19. The smallest absolute Gasteiger partial charge is 0.263 e. The molecule has 0 aliphatic rings. The van der Waals surface area contributed by atoms with Crippen molar-refractivity contribution in [3.8, 4) is 28.2 Å². The van der Waals surface area contributed by atoms with Crippen molar-refractivity contribution >= 4 is 87.2 Å². The molecular formula is C55H33N3O2. The number of rotatable bonds is 4. The lowest BCUT2D eigenvalue weighted by molar-refractivity contribution is 0.670. The number of nitrogens with zero attached hydrogens (tertiary/aromatic N) is 3. The summed E-state index contributed by atoms with van der Waals surface area (Å²) in [5, 5.41) is 9.40. The predicted octanol–water partition coefficient (Wildman–Crippen LogP) is 13.9. The van der Waals surface area contributed by atoms with Gasteiger partial charge in [0, 0.05) is 60.3 Å². The number of hydrogen-bond acceptors (Lipinski definition) is 2. The molecule has 0 unspecified atom stereocenters. The second-order valence-electron chi connectivity index (χ2n) is 15.6. The van der Waals surface area contributed by atoms with Gasteiger partial charge in [-0.3, -0.25) is 9.36 Å². The van der Waals surface area contributed by atoms with Crippen LogP contribution < -0.4 is 5.56 Å². The summed E-state index contributed by atoms with van der Waals surface area (Å²) in [4.78, 5) is 15.2. The fourth-order valence-electron chi connectivity index (χ4n) is 9.78. The fraction of sp³-hybridized carbons (Fsp3) is 0. The lowest BCUT2D eigenvalue weighted by atomic mass is 10.0. The third-order valence-electron chi connectivity index (χ3n) is 12.4. The van der Waals surface area contributed by atoms with Crippen LogP contribution in [0, 0.1) is 0 Å². The van der Waals surface area contributed by atoms with Gasteiger partial charge in [0.2, 0.25) is 0 Å². The zero-order chi connectivity index (χ0) is 39.5. The first kappa shape index (κ1) is 32.9. The van der Waals surface area contributed by atoms with Crippen molar-refractivity contribution in [3.05, 3.63) is 211 Å². The van der Waals surface area contributed by atoms with Crippen molar-refractivity contribution < 1.29 is 4.42 Å². The van der Waals surface area contributed by atoms with Gasteiger partial charge in [-0.05, 0) is 89.8 Å². The van der Waals surface area contributed by atoms with Crippen LogP contribution in [0.5, 0.6) is 0 Å². The molecule has 0 fully saturated rings. The summed E-state index contributed by atoms with van der Waals surface area (Å²) in [6, 6.07) is 69.8. The van der Waals surface area contributed by atoms with Crippen molar-refractivity contribution in [1.29, 1.82) is 0 Å².